The average molecular weight is 318 g/mol. The summed E-state index contributed by atoms with van der Waals surface area (Å²) in [6.07, 6.45) is 0.445. The number of benzene rings is 1. The number of rotatable bonds is 7. The van der Waals surface area contributed by atoms with Crippen LogP contribution in [0.2, 0.25) is 0 Å². The molecule has 0 spiro atoms. The largest absolute Gasteiger partial charge is 0.497 e. The molecule has 1 aromatic carbocycles. The first-order chi connectivity index (χ1) is 10.6. The molecule has 0 saturated heterocycles. The van der Waals surface area contributed by atoms with Crippen molar-refractivity contribution in [1.82, 2.24) is 10.2 Å². The second kappa shape index (κ2) is 7.96. The number of nitrogens with one attached hydrogen (secondary N) is 1. The second-order valence-electron chi connectivity index (χ2n) is 5.31. The topological polar surface area (TPSA) is 41.6 Å². The van der Waals surface area contributed by atoms with Crippen molar-refractivity contribution in [2.45, 2.75) is 12.5 Å². The number of hydrogen-bond acceptors (Lipinski definition) is 4. The van der Waals surface area contributed by atoms with Crippen molar-refractivity contribution in [3.63, 3.8) is 0 Å². The smallest absolute Gasteiger partial charge is 0.225 e. The Morgan fingerprint density at radius 3 is 2.55 bits per heavy atom. The molecule has 4 nitrogen and oxygen atoms in total. The number of carbonyl (C=O) groups is 1. The van der Waals surface area contributed by atoms with Crippen LogP contribution in [0.15, 0.2) is 41.8 Å². The van der Waals surface area contributed by atoms with Gasteiger partial charge in [0.25, 0.3) is 0 Å². The van der Waals surface area contributed by atoms with Crippen molar-refractivity contribution in [1.29, 1.82) is 0 Å². The first-order valence-corrected chi connectivity index (χ1v) is 8.07. The van der Waals surface area contributed by atoms with Gasteiger partial charge in [0.2, 0.25) is 5.91 Å². The van der Waals surface area contributed by atoms with E-state index in [9.17, 15) is 4.79 Å². The van der Waals surface area contributed by atoms with E-state index in [0.717, 1.165) is 16.2 Å². The molecule has 0 unspecified atom stereocenters. The summed E-state index contributed by atoms with van der Waals surface area (Å²) >= 11 is 1.61. The van der Waals surface area contributed by atoms with Gasteiger partial charge < -0.3 is 15.0 Å². The summed E-state index contributed by atoms with van der Waals surface area (Å²) in [7, 11) is 5.68. The van der Waals surface area contributed by atoms with E-state index in [2.05, 4.69) is 10.2 Å². The number of thiophene rings is 1. The third-order valence-corrected chi connectivity index (χ3v) is 4.41. The summed E-state index contributed by atoms with van der Waals surface area (Å²) in [6, 6.07) is 12.0. The van der Waals surface area contributed by atoms with Crippen molar-refractivity contribution >= 4 is 17.2 Å². The normalized spacial score (nSPS) is 12.2. The van der Waals surface area contributed by atoms with Crippen LogP contribution in [0.25, 0.3) is 0 Å². The molecule has 0 saturated carbocycles. The van der Waals surface area contributed by atoms with E-state index in [1.807, 2.05) is 55.9 Å². The SMILES string of the molecule is COc1ccc([C@H](CNC(=O)Cc2cccs2)N(C)C)cc1. The van der Waals surface area contributed by atoms with Gasteiger partial charge in [0.05, 0.1) is 19.6 Å². The predicted octanol–water partition coefficient (Wildman–Crippen LogP) is 2.72. The molecular formula is C17H22N2O2S. The van der Waals surface area contributed by atoms with Crippen molar-refractivity contribution in [2.24, 2.45) is 0 Å². The number of likely N-dealkylation sites (N-methyl/N-ethyl adjacent to an activating group) is 1. The Bertz CT molecular complexity index is 579. The van der Waals surface area contributed by atoms with Gasteiger partial charge in [-0.25, -0.2) is 0 Å². The lowest BCUT2D eigenvalue weighted by Crippen LogP contribution is -2.35. The monoisotopic (exact) mass is 318 g/mol. The molecular weight excluding hydrogens is 296 g/mol. The standard InChI is InChI=1S/C17H22N2O2S/c1-19(2)16(13-6-8-14(21-3)9-7-13)12-18-17(20)11-15-5-4-10-22-15/h4-10,16H,11-12H2,1-3H3,(H,18,20)/t16-/m0/s1. The fraction of sp³-hybridized carbons (Fsp3) is 0.353. The average Bonchev–Trinajstić information content (AvgIpc) is 3.00. The van der Waals surface area contributed by atoms with Gasteiger partial charge in [-0.15, -0.1) is 11.3 Å². The molecule has 2 rings (SSSR count). The summed E-state index contributed by atoms with van der Waals surface area (Å²) in [5.41, 5.74) is 1.15. The Labute approximate surface area is 135 Å². The highest BCUT2D eigenvalue weighted by Crippen LogP contribution is 2.20. The fourth-order valence-electron chi connectivity index (χ4n) is 2.27. The zero-order valence-electron chi connectivity index (χ0n) is 13.2. The number of hydrogen-bond donors (Lipinski definition) is 1. The Morgan fingerprint density at radius 2 is 2.00 bits per heavy atom. The zero-order chi connectivity index (χ0) is 15.9. The number of amides is 1. The molecule has 22 heavy (non-hydrogen) atoms. The molecule has 0 aliphatic rings. The Hall–Kier alpha value is -1.85. The van der Waals surface area contributed by atoms with E-state index < -0.39 is 0 Å². The molecule has 0 aliphatic carbocycles. The van der Waals surface area contributed by atoms with Crippen LogP contribution in [0.5, 0.6) is 5.75 Å². The number of ether oxygens (including phenoxy) is 1. The van der Waals surface area contributed by atoms with Crippen LogP contribution in [-0.2, 0) is 11.2 Å². The highest BCUT2D eigenvalue weighted by molar-refractivity contribution is 7.10. The fourth-order valence-corrected chi connectivity index (χ4v) is 2.97. The van der Waals surface area contributed by atoms with Crippen molar-refractivity contribution < 1.29 is 9.53 Å². The maximum absolute atomic E-state index is 12.0. The van der Waals surface area contributed by atoms with Crippen molar-refractivity contribution in [3.8, 4) is 5.75 Å². The lowest BCUT2D eigenvalue weighted by atomic mass is 10.1. The molecule has 1 aromatic heterocycles. The van der Waals surface area contributed by atoms with E-state index in [4.69, 9.17) is 4.74 Å². The Kier molecular flexibility index (Phi) is 5.98. The molecule has 2 aromatic rings. The van der Waals surface area contributed by atoms with Crippen LogP contribution in [0.1, 0.15) is 16.5 Å². The molecule has 118 valence electrons. The molecule has 1 heterocycles. The number of methoxy groups -OCH3 is 1. The first kappa shape index (κ1) is 16.5. The van der Waals surface area contributed by atoms with Gasteiger partial charge in [0.15, 0.2) is 0 Å². The highest BCUT2D eigenvalue weighted by atomic mass is 32.1. The van der Waals surface area contributed by atoms with E-state index in [1.165, 1.54) is 0 Å². The van der Waals surface area contributed by atoms with Crippen LogP contribution in [0.3, 0.4) is 0 Å². The molecule has 1 atom stereocenters. The summed E-state index contributed by atoms with van der Waals surface area (Å²) in [6.45, 7) is 0.587. The van der Waals surface area contributed by atoms with Crippen LogP contribution in [0, 0.1) is 0 Å². The molecule has 0 bridgehead atoms. The van der Waals surface area contributed by atoms with Gasteiger partial charge in [-0.2, -0.15) is 0 Å². The first-order valence-electron chi connectivity index (χ1n) is 7.19. The third-order valence-electron chi connectivity index (χ3n) is 3.53. The predicted molar refractivity (Wildman–Crippen MR) is 90.5 cm³/mol. The van der Waals surface area contributed by atoms with Crippen LogP contribution in [-0.4, -0.2) is 38.6 Å². The minimum atomic E-state index is 0.0582. The van der Waals surface area contributed by atoms with Gasteiger partial charge >= 0.3 is 0 Å². The summed E-state index contributed by atoms with van der Waals surface area (Å²) in [4.78, 5) is 15.2. The maximum Gasteiger partial charge on any atom is 0.225 e. The van der Waals surface area contributed by atoms with E-state index in [-0.39, 0.29) is 11.9 Å². The second-order valence-corrected chi connectivity index (χ2v) is 6.35. The molecule has 0 radical (unpaired) electrons. The van der Waals surface area contributed by atoms with Gasteiger partial charge in [-0.1, -0.05) is 18.2 Å². The highest BCUT2D eigenvalue weighted by Gasteiger charge is 2.15. The third kappa shape index (κ3) is 4.58. The minimum Gasteiger partial charge on any atom is -0.497 e. The number of carbonyl (C=O) groups excluding carboxylic acids is 1. The Morgan fingerprint density at radius 1 is 1.27 bits per heavy atom. The maximum atomic E-state index is 12.0. The lowest BCUT2D eigenvalue weighted by Gasteiger charge is -2.25. The van der Waals surface area contributed by atoms with Crippen LogP contribution < -0.4 is 10.1 Å². The van der Waals surface area contributed by atoms with Gasteiger partial charge in [0, 0.05) is 11.4 Å². The molecule has 0 aliphatic heterocycles. The van der Waals surface area contributed by atoms with Crippen LogP contribution >= 0.6 is 11.3 Å². The molecule has 5 heteroatoms. The van der Waals surface area contributed by atoms with Crippen molar-refractivity contribution in [2.75, 3.05) is 27.7 Å². The quantitative estimate of drug-likeness (QED) is 0.853. The number of nitrogens with zero attached hydrogens (tertiary/aromatic N) is 1. The zero-order valence-corrected chi connectivity index (χ0v) is 14.0. The van der Waals surface area contributed by atoms with Gasteiger partial charge in [-0.05, 0) is 43.2 Å². The molecule has 1 amide bonds. The summed E-state index contributed by atoms with van der Waals surface area (Å²) in [5, 5.41) is 5.01. The van der Waals surface area contributed by atoms with Gasteiger partial charge in [0.1, 0.15) is 5.75 Å². The van der Waals surface area contributed by atoms with Gasteiger partial charge in [-0.3, -0.25) is 4.79 Å². The summed E-state index contributed by atoms with van der Waals surface area (Å²) < 4.78 is 5.18. The van der Waals surface area contributed by atoms with Crippen molar-refractivity contribution in [3.05, 3.63) is 52.2 Å². The molecule has 1 N–H and O–H groups in total. The van der Waals surface area contributed by atoms with E-state index in [1.54, 1.807) is 18.4 Å². The lowest BCUT2D eigenvalue weighted by molar-refractivity contribution is -0.120. The minimum absolute atomic E-state index is 0.0582. The van der Waals surface area contributed by atoms with E-state index in [0.29, 0.717) is 13.0 Å². The van der Waals surface area contributed by atoms with Crippen LogP contribution in [0.4, 0.5) is 0 Å². The van der Waals surface area contributed by atoms with E-state index >= 15 is 0 Å². The Balaban J connectivity index is 1.95. The molecule has 0 fully saturated rings. The summed E-state index contributed by atoms with van der Waals surface area (Å²) in [5.74, 6) is 0.894.